The largest absolute Gasteiger partial charge is 0.489 e. The summed E-state index contributed by atoms with van der Waals surface area (Å²) in [7, 11) is 1.35. The molecule has 0 saturated carbocycles. The first-order valence-corrected chi connectivity index (χ1v) is 10.7. The third-order valence-corrected chi connectivity index (χ3v) is 5.50. The highest BCUT2D eigenvalue weighted by Gasteiger charge is 2.27. The van der Waals surface area contributed by atoms with Crippen molar-refractivity contribution in [2.24, 2.45) is 0 Å². The van der Waals surface area contributed by atoms with Gasteiger partial charge in [0.1, 0.15) is 18.1 Å². The third kappa shape index (κ3) is 4.98. The van der Waals surface area contributed by atoms with Gasteiger partial charge in [0.2, 0.25) is 5.78 Å². The molecule has 3 aromatic carbocycles. The van der Waals surface area contributed by atoms with Crippen LogP contribution in [0.1, 0.15) is 58.2 Å². The molecule has 1 aliphatic heterocycles. The maximum Gasteiger partial charge on any atom is 0.337 e. The number of carbonyl (C=O) groups excluding carboxylic acids is 2. The molecule has 0 saturated heterocycles. The molecule has 0 aromatic heterocycles. The molecule has 33 heavy (non-hydrogen) atoms. The molecule has 3 aromatic rings. The summed E-state index contributed by atoms with van der Waals surface area (Å²) in [5.74, 6) is 0.848. The van der Waals surface area contributed by atoms with Gasteiger partial charge < -0.3 is 14.2 Å². The van der Waals surface area contributed by atoms with Gasteiger partial charge >= 0.3 is 5.97 Å². The number of methoxy groups -OCH3 is 1. The number of allylic oxidation sites excluding steroid dienone is 1. The van der Waals surface area contributed by atoms with E-state index in [1.807, 2.05) is 24.3 Å². The molecule has 0 N–H and O–H groups in total. The maximum atomic E-state index is 12.8. The van der Waals surface area contributed by atoms with Crippen molar-refractivity contribution in [2.75, 3.05) is 7.11 Å². The average molecular weight is 443 g/mol. The zero-order valence-corrected chi connectivity index (χ0v) is 19.2. The van der Waals surface area contributed by atoms with Crippen molar-refractivity contribution in [3.8, 4) is 11.5 Å². The van der Waals surface area contributed by atoms with E-state index < -0.39 is 0 Å². The van der Waals surface area contributed by atoms with Crippen molar-refractivity contribution in [3.05, 3.63) is 100 Å². The molecule has 0 bridgehead atoms. The minimum atomic E-state index is -0.378. The number of hydrogen-bond acceptors (Lipinski definition) is 5. The summed E-state index contributed by atoms with van der Waals surface area (Å²) in [5, 5.41) is 0. The summed E-state index contributed by atoms with van der Waals surface area (Å²) < 4.78 is 16.4. The predicted molar refractivity (Wildman–Crippen MR) is 127 cm³/mol. The number of rotatable bonds is 5. The molecule has 0 fully saturated rings. The van der Waals surface area contributed by atoms with Crippen LogP contribution >= 0.6 is 0 Å². The minimum Gasteiger partial charge on any atom is -0.489 e. The Labute approximate surface area is 193 Å². The van der Waals surface area contributed by atoms with Crippen molar-refractivity contribution in [2.45, 2.75) is 32.8 Å². The molecule has 1 aliphatic rings. The second-order valence-electron chi connectivity index (χ2n) is 8.95. The molecule has 5 nitrogen and oxygen atoms in total. The maximum absolute atomic E-state index is 12.8. The summed E-state index contributed by atoms with van der Waals surface area (Å²) in [4.78, 5) is 24.3. The van der Waals surface area contributed by atoms with Gasteiger partial charge in [-0.25, -0.2) is 4.79 Å². The Morgan fingerprint density at radius 1 is 0.970 bits per heavy atom. The number of ether oxygens (including phenoxy) is 3. The van der Waals surface area contributed by atoms with Crippen LogP contribution in [0.25, 0.3) is 6.08 Å². The number of Topliss-reactive ketones (excluding diaryl/α,β-unsaturated/α-hetero) is 1. The van der Waals surface area contributed by atoms with Crippen molar-refractivity contribution in [1.29, 1.82) is 0 Å². The normalized spacial score (nSPS) is 14.1. The lowest BCUT2D eigenvalue weighted by molar-refractivity contribution is 0.0600. The molecule has 4 rings (SSSR count). The zero-order valence-electron chi connectivity index (χ0n) is 19.2. The van der Waals surface area contributed by atoms with Gasteiger partial charge in [0.25, 0.3) is 0 Å². The fourth-order valence-electron chi connectivity index (χ4n) is 3.51. The van der Waals surface area contributed by atoms with E-state index in [4.69, 9.17) is 14.2 Å². The van der Waals surface area contributed by atoms with Crippen LogP contribution in [0.15, 0.2) is 72.5 Å². The van der Waals surface area contributed by atoms with Crippen molar-refractivity contribution in [1.82, 2.24) is 0 Å². The molecule has 5 heteroatoms. The summed E-state index contributed by atoms with van der Waals surface area (Å²) >= 11 is 0. The SMILES string of the molecule is COC(=O)c1ccc(COc2ccc3c(c2)O/C(=C\c2ccc(C(C)(C)C)cc2)C3=O)cc1. The molecular weight excluding hydrogens is 416 g/mol. The molecule has 168 valence electrons. The Balaban J connectivity index is 1.44. The lowest BCUT2D eigenvalue weighted by atomic mass is 9.86. The summed E-state index contributed by atoms with van der Waals surface area (Å²) in [6.45, 7) is 6.81. The van der Waals surface area contributed by atoms with Gasteiger partial charge in [-0.15, -0.1) is 0 Å². The first-order chi connectivity index (χ1) is 15.7. The van der Waals surface area contributed by atoms with Crippen LogP contribution in [-0.4, -0.2) is 18.9 Å². The highest BCUT2D eigenvalue weighted by atomic mass is 16.5. The molecular formula is C28H26O5. The number of carbonyl (C=O) groups is 2. The average Bonchev–Trinajstić information content (AvgIpc) is 3.11. The van der Waals surface area contributed by atoms with E-state index in [-0.39, 0.29) is 17.2 Å². The second kappa shape index (κ2) is 8.94. The highest BCUT2D eigenvalue weighted by molar-refractivity contribution is 6.14. The van der Waals surface area contributed by atoms with Gasteiger partial charge in [-0.3, -0.25) is 4.79 Å². The molecule has 0 aliphatic carbocycles. The van der Waals surface area contributed by atoms with Crippen LogP contribution in [-0.2, 0) is 16.8 Å². The molecule has 0 amide bonds. The molecule has 1 heterocycles. The first-order valence-electron chi connectivity index (χ1n) is 10.7. The fourth-order valence-corrected chi connectivity index (χ4v) is 3.51. The van der Waals surface area contributed by atoms with Crippen LogP contribution in [0.5, 0.6) is 11.5 Å². The Kier molecular flexibility index (Phi) is 6.05. The lowest BCUT2D eigenvalue weighted by Gasteiger charge is -2.18. The quantitative estimate of drug-likeness (QED) is 0.360. The van der Waals surface area contributed by atoms with Gasteiger partial charge in [-0.2, -0.15) is 0 Å². The predicted octanol–water partition coefficient (Wildman–Crippen LogP) is 5.97. The lowest BCUT2D eigenvalue weighted by Crippen LogP contribution is -2.10. The monoisotopic (exact) mass is 442 g/mol. The highest BCUT2D eigenvalue weighted by Crippen LogP contribution is 2.35. The number of fused-ring (bicyclic) bond motifs is 1. The number of benzene rings is 3. The Morgan fingerprint density at radius 2 is 1.67 bits per heavy atom. The van der Waals surface area contributed by atoms with Crippen LogP contribution in [0.2, 0.25) is 0 Å². The van der Waals surface area contributed by atoms with Gasteiger partial charge in [-0.05, 0) is 52.4 Å². The van der Waals surface area contributed by atoms with Gasteiger partial charge in [0.15, 0.2) is 5.76 Å². The molecule has 0 atom stereocenters. The standard InChI is InChI=1S/C28H26O5/c1-28(2,3)21-11-7-18(8-12-21)15-25-26(29)23-14-13-22(16-24(23)33-25)32-17-19-5-9-20(10-6-19)27(30)31-4/h5-16H,17H2,1-4H3/b25-15-. The van der Waals surface area contributed by atoms with E-state index in [9.17, 15) is 9.59 Å². The third-order valence-electron chi connectivity index (χ3n) is 5.50. The van der Waals surface area contributed by atoms with Gasteiger partial charge in [-0.1, -0.05) is 57.2 Å². The van der Waals surface area contributed by atoms with Crippen molar-refractivity contribution in [3.63, 3.8) is 0 Å². The minimum absolute atomic E-state index is 0.0708. The number of esters is 1. The Bertz CT molecular complexity index is 1210. The Morgan fingerprint density at radius 3 is 2.30 bits per heavy atom. The van der Waals surface area contributed by atoms with Crippen LogP contribution < -0.4 is 9.47 Å². The Hall–Kier alpha value is -3.86. The second-order valence-corrected chi connectivity index (χ2v) is 8.95. The van der Waals surface area contributed by atoms with Gasteiger partial charge in [0.05, 0.1) is 18.2 Å². The smallest absolute Gasteiger partial charge is 0.337 e. The van der Waals surface area contributed by atoms with E-state index in [0.717, 1.165) is 11.1 Å². The van der Waals surface area contributed by atoms with E-state index in [0.29, 0.717) is 35.0 Å². The molecule has 0 unspecified atom stereocenters. The van der Waals surface area contributed by atoms with Crippen LogP contribution in [0.4, 0.5) is 0 Å². The summed E-state index contributed by atoms with van der Waals surface area (Å²) in [6.07, 6.45) is 1.76. The van der Waals surface area contributed by atoms with Crippen LogP contribution in [0.3, 0.4) is 0 Å². The summed E-state index contributed by atoms with van der Waals surface area (Å²) in [5.41, 5.74) is 4.11. The van der Waals surface area contributed by atoms with Gasteiger partial charge in [0, 0.05) is 6.07 Å². The first kappa shape index (κ1) is 22.3. The molecule has 0 radical (unpaired) electrons. The molecule has 0 spiro atoms. The van der Waals surface area contributed by atoms with Crippen LogP contribution in [0, 0.1) is 0 Å². The number of hydrogen-bond donors (Lipinski definition) is 0. The van der Waals surface area contributed by atoms with Crippen molar-refractivity contribution >= 4 is 17.8 Å². The topological polar surface area (TPSA) is 61.8 Å². The van der Waals surface area contributed by atoms with E-state index in [1.165, 1.54) is 12.7 Å². The number of ketones is 1. The zero-order chi connectivity index (χ0) is 23.6. The van der Waals surface area contributed by atoms with E-state index in [2.05, 4.69) is 32.9 Å². The fraction of sp³-hybridized carbons (Fsp3) is 0.214. The van der Waals surface area contributed by atoms with E-state index >= 15 is 0 Å². The summed E-state index contributed by atoms with van der Waals surface area (Å²) in [6, 6.07) is 20.3. The van der Waals surface area contributed by atoms with Crippen molar-refractivity contribution < 1.29 is 23.8 Å². The van der Waals surface area contributed by atoms with E-state index in [1.54, 1.807) is 36.4 Å².